The van der Waals surface area contributed by atoms with Crippen LogP contribution < -0.4 is 5.73 Å². The Bertz CT molecular complexity index is 495. The van der Waals surface area contributed by atoms with Gasteiger partial charge < -0.3 is 10.6 Å². The van der Waals surface area contributed by atoms with Crippen LogP contribution in [0.1, 0.15) is 34.7 Å². The van der Waals surface area contributed by atoms with Crippen molar-refractivity contribution in [2.24, 2.45) is 5.73 Å². The molecule has 0 aromatic heterocycles. The predicted molar refractivity (Wildman–Crippen MR) is 66.7 cm³/mol. The van der Waals surface area contributed by atoms with Gasteiger partial charge in [-0.2, -0.15) is 0 Å². The Morgan fingerprint density at radius 1 is 1.35 bits per heavy atom. The molecule has 0 radical (unpaired) electrons. The molecular formula is C14H18N2O. The van der Waals surface area contributed by atoms with Crippen molar-refractivity contribution in [2.75, 3.05) is 6.54 Å². The summed E-state index contributed by atoms with van der Waals surface area (Å²) in [5.74, 6) is 0.216. The van der Waals surface area contributed by atoms with Crippen molar-refractivity contribution in [1.82, 2.24) is 4.90 Å². The maximum atomic E-state index is 11.9. The third-order valence-electron chi connectivity index (χ3n) is 4.01. The Labute approximate surface area is 102 Å². The summed E-state index contributed by atoms with van der Waals surface area (Å²) in [7, 11) is 0. The van der Waals surface area contributed by atoms with Gasteiger partial charge in [-0.15, -0.1) is 0 Å². The first kappa shape index (κ1) is 10.8. The molecule has 2 N–H and O–H groups in total. The van der Waals surface area contributed by atoms with E-state index in [4.69, 9.17) is 5.73 Å². The van der Waals surface area contributed by atoms with Crippen LogP contribution in [0, 0.1) is 13.8 Å². The first-order chi connectivity index (χ1) is 8.08. The zero-order chi connectivity index (χ0) is 12.2. The van der Waals surface area contributed by atoms with Crippen molar-refractivity contribution in [2.45, 2.75) is 38.8 Å². The van der Waals surface area contributed by atoms with Gasteiger partial charge in [-0.1, -0.05) is 17.7 Å². The number of hydrogen-bond donors (Lipinski definition) is 1. The standard InChI is InChI=1S/C14H18N2O/c1-8-5-9(2)13-10(6-8)3-4-16-12(17)7-11(15)14(13)16/h5-6,11,14H,3-4,7,15H2,1-2H3. The quantitative estimate of drug-likeness (QED) is 0.733. The van der Waals surface area contributed by atoms with Gasteiger partial charge in [0.15, 0.2) is 0 Å². The molecule has 2 aliphatic rings. The topological polar surface area (TPSA) is 46.3 Å². The van der Waals surface area contributed by atoms with E-state index < -0.39 is 0 Å². The van der Waals surface area contributed by atoms with Crippen LogP contribution in [0.15, 0.2) is 12.1 Å². The summed E-state index contributed by atoms with van der Waals surface area (Å²) in [6.07, 6.45) is 1.46. The van der Waals surface area contributed by atoms with E-state index in [1.807, 2.05) is 4.90 Å². The van der Waals surface area contributed by atoms with E-state index in [2.05, 4.69) is 26.0 Å². The Morgan fingerprint density at radius 2 is 2.12 bits per heavy atom. The van der Waals surface area contributed by atoms with Crippen LogP contribution in [-0.2, 0) is 11.2 Å². The van der Waals surface area contributed by atoms with Crippen LogP contribution in [0.25, 0.3) is 0 Å². The lowest BCUT2D eigenvalue weighted by atomic mass is 9.86. The number of nitrogens with two attached hydrogens (primary N) is 1. The number of amides is 1. The monoisotopic (exact) mass is 230 g/mol. The molecule has 90 valence electrons. The van der Waals surface area contributed by atoms with Gasteiger partial charge in [-0.05, 0) is 37.0 Å². The third kappa shape index (κ3) is 1.49. The SMILES string of the molecule is Cc1cc(C)c2c(c1)CCN1C(=O)CC(N)C21. The maximum Gasteiger partial charge on any atom is 0.224 e. The fourth-order valence-corrected chi connectivity index (χ4v) is 3.39. The number of hydrogen-bond acceptors (Lipinski definition) is 2. The van der Waals surface area contributed by atoms with E-state index >= 15 is 0 Å². The van der Waals surface area contributed by atoms with Crippen LogP contribution >= 0.6 is 0 Å². The smallest absolute Gasteiger partial charge is 0.224 e. The Hall–Kier alpha value is -1.35. The highest BCUT2D eigenvalue weighted by Crippen LogP contribution is 2.39. The highest BCUT2D eigenvalue weighted by Gasteiger charge is 2.42. The molecule has 0 bridgehead atoms. The molecule has 0 saturated carbocycles. The molecule has 2 unspecified atom stereocenters. The second-order valence-corrected chi connectivity index (χ2v) is 5.30. The van der Waals surface area contributed by atoms with Crippen molar-refractivity contribution >= 4 is 5.91 Å². The third-order valence-corrected chi connectivity index (χ3v) is 4.01. The summed E-state index contributed by atoms with van der Waals surface area (Å²) >= 11 is 0. The van der Waals surface area contributed by atoms with Gasteiger partial charge in [-0.25, -0.2) is 0 Å². The summed E-state index contributed by atoms with van der Waals surface area (Å²) in [6.45, 7) is 5.08. The van der Waals surface area contributed by atoms with Gasteiger partial charge >= 0.3 is 0 Å². The number of carbonyl (C=O) groups is 1. The summed E-state index contributed by atoms with van der Waals surface area (Å²) in [5.41, 5.74) is 11.4. The number of carbonyl (C=O) groups excluding carboxylic acids is 1. The van der Waals surface area contributed by atoms with E-state index in [-0.39, 0.29) is 18.0 Å². The minimum Gasteiger partial charge on any atom is -0.334 e. The first-order valence-electron chi connectivity index (χ1n) is 6.23. The van der Waals surface area contributed by atoms with Gasteiger partial charge in [-0.3, -0.25) is 4.79 Å². The molecule has 3 nitrogen and oxygen atoms in total. The van der Waals surface area contributed by atoms with Crippen molar-refractivity contribution in [3.8, 4) is 0 Å². The predicted octanol–water partition coefficient (Wildman–Crippen LogP) is 1.46. The molecule has 1 saturated heterocycles. The van der Waals surface area contributed by atoms with Gasteiger partial charge in [0.2, 0.25) is 5.91 Å². The van der Waals surface area contributed by atoms with Crippen LogP contribution in [0.4, 0.5) is 0 Å². The van der Waals surface area contributed by atoms with Crippen molar-refractivity contribution in [3.63, 3.8) is 0 Å². The van der Waals surface area contributed by atoms with E-state index in [0.717, 1.165) is 13.0 Å². The number of nitrogens with zero attached hydrogens (tertiary/aromatic N) is 1. The normalized spacial score (nSPS) is 27.0. The van der Waals surface area contributed by atoms with E-state index in [1.54, 1.807) is 0 Å². The summed E-state index contributed by atoms with van der Waals surface area (Å²) in [5, 5.41) is 0. The molecule has 0 spiro atoms. The second kappa shape index (κ2) is 3.57. The molecule has 0 aliphatic carbocycles. The maximum absolute atomic E-state index is 11.9. The first-order valence-corrected chi connectivity index (χ1v) is 6.23. The van der Waals surface area contributed by atoms with Crippen LogP contribution in [0.3, 0.4) is 0 Å². The lowest BCUT2D eigenvalue weighted by molar-refractivity contribution is -0.129. The number of rotatable bonds is 0. The zero-order valence-corrected chi connectivity index (χ0v) is 10.4. The van der Waals surface area contributed by atoms with Crippen molar-refractivity contribution in [3.05, 3.63) is 34.4 Å². The van der Waals surface area contributed by atoms with Crippen LogP contribution in [0.2, 0.25) is 0 Å². The molecule has 3 rings (SSSR count). The summed E-state index contributed by atoms with van der Waals surface area (Å²) in [6, 6.07) is 4.52. The molecule has 2 heterocycles. The molecule has 1 amide bonds. The minimum absolute atomic E-state index is 0.0389. The Morgan fingerprint density at radius 3 is 2.88 bits per heavy atom. The molecule has 1 aromatic rings. The van der Waals surface area contributed by atoms with Gasteiger partial charge in [0.1, 0.15) is 0 Å². The fourth-order valence-electron chi connectivity index (χ4n) is 3.39. The number of aryl methyl sites for hydroxylation is 2. The van der Waals surface area contributed by atoms with Crippen molar-refractivity contribution in [1.29, 1.82) is 0 Å². The average molecular weight is 230 g/mol. The Balaban J connectivity index is 2.15. The van der Waals surface area contributed by atoms with Gasteiger partial charge in [0.25, 0.3) is 0 Å². The molecule has 2 atom stereocenters. The minimum atomic E-state index is -0.0389. The molecule has 1 aromatic carbocycles. The molecule has 1 fully saturated rings. The molecule has 17 heavy (non-hydrogen) atoms. The van der Waals surface area contributed by atoms with E-state index in [0.29, 0.717) is 6.42 Å². The summed E-state index contributed by atoms with van der Waals surface area (Å²) < 4.78 is 0. The number of fused-ring (bicyclic) bond motifs is 3. The van der Waals surface area contributed by atoms with E-state index in [1.165, 1.54) is 22.3 Å². The van der Waals surface area contributed by atoms with Crippen LogP contribution in [0.5, 0.6) is 0 Å². The highest BCUT2D eigenvalue weighted by atomic mass is 16.2. The summed E-state index contributed by atoms with van der Waals surface area (Å²) in [4.78, 5) is 13.8. The van der Waals surface area contributed by atoms with Gasteiger partial charge in [0, 0.05) is 19.0 Å². The van der Waals surface area contributed by atoms with Gasteiger partial charge in [0.05, 0.1) is 6.04 Å². The van der Waals surface area contributed by atoms with Crippen molar-refractivity contribution < 1.29 is 4.79 Å². The molecule has 2 aliphatic heterocycles. The average Bonchev–Trinajstić information content (AvgIpc) is 2.53. The zero-order valence-electron chi connectivity index (χ0n) is 10.4. The lowest BCUT2D eigenvalue weighted by Gasteiger charge is -2.35. The largest absolute Gasteiger partial charge is 0.334 e. The highest BCUT2D eigenvalue weighted by molar-refractivity contribution is 5.81. The molecule has 3 heteroatoms. The fraction of sp³-hybridized carbons (Fsp3) is 0.500. The lowest BCUT2D eigenvalue weighted by Crippen LogP contribution is -2.39. The number of benzene rings is 1. The second-order valence-electron chi connectivity index (χ2n) is 5.30. The molecular weight excluding hydrogens is 212 g/mol. The Kier molecular flexibility index (Phi) is 2.26. The van der Waals surface area contributed by atoms with E-state index in [9.17, 15) is 4.79 Å². The van der Waals surface area contributed by atoms with Crippen LogP contribution in [-0.4, -0.2) is 23.4 Å².